The number of hydrogen-bond acceptors (Lipinski definition) is 12. The van der Waals surface area contributed by atoms with Crippen molar-refractivity contribution in [2.45, 2.75) is 126 Å². The number of aliphatic hydroxyl groups is 1. The van der Waals surface area contributed by atoms with Gasteiger partial charge in [0.1, 0.15) is 23.3 Å². The van der Waals surface area contributed by atoms with Crippen molar-refractivity contribution in [1.82, 2.24) is 19.6 Å². The molecule has 0 bridgehead atoms. The third-order valence-corrected chi connectivity index (χ3v) is 16.8. The average molecular weight is 932 g/mol. The molecule has 3 aromatic carbocycles. The van der Waals surface area contributed by atoms with Crippen LogP contribution >= 0.6 is 0 Å². The summed E-state index contributed by atoms with van der Waals surface area (Å²) in [4.78, 5) is 38.0. The van der Waals surface area contributed by atoms with Gasteiger partial charge in [0.15, 0.2) is 0 Å². The van der Waals surface area contributed by atoms with Gasteiger partial charge in [0.25, 0.3) is 15.9 Å². The monoisotopic (exact) mass is 931 g/mol. The number of fused-ring (bicyclic) bond motifs is 2. The zero-order valence-electron chi connectivity index (χ0n) is 38.5. The number of piperidine rings is 1. The molecule has 4 fully saturated rings. The molecule has 16 heteroatoms. The van der Waals surface area contributed by atoms with E-state index in [0.29, 0.717) is 60.6 Å². The second kappa shape index (κ2) is 17.7. The molecule has 5 aliphatic rings. The standard InChI is InChI=1S/C51H61N7O8S/c1-32(2)40-7-4-5-8-41(40)44-9-6-20-57(44)36-28-51(29-36)17-21-56(22-18-51)35-10-11-42(46(25-35)65-38-24-34-14-19-52-48(34)54-31-38)49(59)55-67(63,64)39-26-43-47(45(27-39)58(61)62)66-37(30-53-43)23-33-12-15-50(3,60)16-13-33/h4-5,7-8,10-11,14,19,24-27,31-33,36-37,44,53,60H,6,9,12-13,15-18,20-23,28-30H2,1-3H3,(H,52,54)(H,55,59)/t33?,37-,44-,50?/m0/s1. The third kappa shape index (κ3) is 9.19. The molecule has 0 unspecified atom stereocenters. The van der Waals surface area contributed by atoms with Crippen molar-refractivity contribution < 1.29 is 32.7 Å². The summed E-state index contributed by atoms with van der Waals surface area (Å²) < 4.78 is 42.7. The largest absolute Gasteiger partial charge is 0.480 e. The van der Waals surface area contributed by atoms with Crippen molar-refractivity contribution in [1.29, 1.82) is 0 Å². The molecule has 354 valence electrons. The Kier molecular flexibility index (Phi) is 11.9. The number of carbonyl (C=O) groups is 1. The van der Waals surface area contributed by atoms with Crippen molar-refractivity contribution in [2.75, 3.05) is 36.4 Å². The first-order valence-corrected chi connectivity index (χ1v) is 25.5. The van der Waals surface area contributed by atoms with Crippen molar-refractivity contribution in [3.05, 3.63) is 106 Å². The summed E-state index contributed by atoms with van der Waals surface area (Å²) in [6.07, 6.45) is 13.5. The second-order valence-electron chi connectivity index (χ2n) is 20.4. The van der Waals surface area contributed by atoms with Gasteiger partial charge < -0.3 is 29.8 Å². The molecule has 2 aromatic heterocycles. The second-order valence-corrected chi connectivity index (χ2v) is 22.1. The Morgan fingerprint density at radius 2 is 1.81 bits per heavy atom. The fraction of sp³-hybridized carbons (Fsp3) is 0.490. The van der Waals surface area contributed by atoms with Crippen LogP contribution in [-0.2, 0) is 10.0 Å². The molecular formula is C51H61N7O8S. The summed E-state index contributed by atoms with van der Waals surface area (Å²) in [5, 5.41) is 26.7. The minimum atomic E-state index is -4.64. The highest BCUT2D eigenvalue weighted by molar-refractivity contribution is 7.90. The van der Waals surface area contributed by atoms with Crippen LogP contribution in [0.5, 0.6) is 17.2 Å². The fourth-order valence-corrected chi connectivity index (χ4v) is 12.7. The van der Waals surface area contributed by atoms with E-state index in [1.807, 2.05) is 19.1 Å². The maximum atomic E-state index is 14.1. The van der Waals surface area contributed by atoms with E-state index in [1.165, 1.54) is 42.9 Å². The predicted octanol–water partition coefficient (Wildman–Crippen LogP) is 9.60. The number of amides is 1. The van der Waals surface area contributed by atoms with Crippen LogP contribution in [0.4, 0.5) is 17.1 Å². The van der Waals surface area contributed by atoms with Gasteiger partial charge in [-0.2, -0.15) is 0 Å². The number of nitro benzene ring substituents is 1. The molecule has 3 aliphatic heterocycles. The van der Waals surface area contributed by atoms with Gasteiger partial charge in [-0.05, 0) is 143 Å². The summed E-state index contributed by atoms with van der Waals surface area (Å²) in [6, 6.07) is 21.1. The lowest BCUT2D eigenvalue weighted by molar-refractivity contribution is -0.386. The minimum Gasteiger partial charge on any atom is -0.480 e. The zero-order chi connectivity index (χ0) is 46.7. The van der Waals surface area contributed by atoms with Crippen LogP contribution in [0.25, 0.3) is 11.0 Å². The molecule has 1 amide bonds. The number of pyridine rings is 1. The lowest BCUT2D eigenvalue weighted by Gasteiger charge is -2.56. The van der Waals surface area contributed by atoms with Crippen LogP contribution in [0.15, 0.2) is 84.0 Å². The van der Waals surface area contributed by atoms with Gasteiger partial charge in [0.2, 0.25) is 5.75 Å². The quantitative estimate of drug-likeness (QED) is 0.0685. The molecular weight excluding hydrogens is 871 g/mol. The number of likely N-dealkylation sites (tertiary alicyclic amines) is 1. The van der Waals surface area contributed by atoms with Crippen molar-refractivity contribution in [3.63, 3.8) is 0 Å². The van der Waals surface area contributed by atoms with E-state index in [4.69, 9.17) is 9.47 Å². The Morgan fingerprint density at radius 3 is 2.57 bits per heavy atom. The van der Waals surface area contributed by atoms with E-state index in [0.717, 1.165) is 62.5 Å². The van der Waals surface area contributed by atoms with Gasteiger partial charge in [-0.1, -0.05) is 38.1 Å². The number of nitro groups is 1. The number of benzene rings is 3. The number of nitrogens with zero attached hydrogens (tertiary/aromatic N) is 4. The predicted molar refractivity (Wildman–Crippen MR) is 257 cm³/mol. The first-order valence-electron chi connectivity index (χ1n) is 24.0. The van der Waals surface area contributed by atoms with Crippen LogP contribution < -0.4 is 24.4 Å². The Hall–Kier alpha value is -5.71. The highest BCUT2D eigenvalue weighted by Gasteiger charge is 2.50. The minimum absolute atomic E-state index is 0.0306. The number of carbonyl (C=O) groups excluding carboxylic acids is 1. The lowest BCUT2D eigenvalue weighted by atomic mass is 9.59. The summed E-state index contributed by atoms with van der Waals surface area (Å²) in [7, 11) is -4.64. The number of hydrogen-bond donors (Lipinski definition) is 4. The topological polar surface area (TPSA) is 192 Å². The van der Waals surface area contributed by atoms with Crippen LogP contribution in [0, 0.1) is 21.4 Å². The molecule has 5 aromatic rings. The van der Waals surface area contributed by atoms with E-state index in [-0.39, 0.29) is 34.8 Å². The number of aromatic amines is 1. The maximum absolute atomic E-state index is 14.1. The first-order chi connectivity index (χ1) is 32.1. The number of anilines is 2. The summed E-state index contributed by atoms with van der Waals surface area (Å²) in [5.41, 5.74) is 3.68. The van der Waals surface area contributed by atoms with Gasteiger partial charge in [-0.3, -0.25) is 19.8 Å². The number of nitrogens with one attached hydrogen (secondary N) is 3. The van der Waals surface area contributed by atoms with Gasteiger partial charge in [-0.15, -0.1) is 0 Å². The molecule has 5 heterocycles. The van der Waals surface area contributed by atoms with Gasteiger partial charge in [0.05, 0.1) is 39.4 Å². The zero-order valence-corrected chi connectivity index (χ0v) is 39.3. The molecule has 10 rings (SSSR count). The smallest absolute Gasteiger partial charge is 0.314 e. The van der Waals surface area contributed by atoms with E-state index in [1.54, 1.807) is 30.6 Å². The molecule has 2 saturated heterocycles. The number of rotatable bonds is 12. The average Bonchev–Trinajstić information content (AvgIpc) is 3.98. The molecule has 4 N–H and O–H groups in total. The highest BCUT2D eigenvalue weighted by Crippen LogP contribution is 2.54. The molecule has 2 saturated carbocycles. The first kappa shape index (κ1) is 45.1. The third-order valence-electron chi connectivity index (χ3n) is 15.4. The molecule has 2 aliphatic carbocycles. The van der Waals surface area contributed by atoms with Gasteiger partial charge >= 0.3 is 5.69 Å². The van der Waals surface area contributed by atoms with Crippen molar-refractivity contribution in [2.24, 2.45) is 11.3 Å². The SMILES string of the molecule is CC(C)c1ccccc1[C@@H]1CCCN1C1CC2(CCN(c3ccc(C(=O)NS(=O)(=O)c4cc5c(c([N+](=O)[O-])c4)O[C@@H](CC4CCC(C)(O)CC4)CN5)c(Oc4cnc5[nH]ccc5c4)c3)CC2)C1. The van der Waals surface area contributed by atoms with Crippen molar-refractivity contribution >= 4 is 44.0 Å². The number of sulfonamides is 1. The highest BCUT2D eigenvalue weighted by atomic mass is 32.2. The summed E-state index contributed by atoms with van der Waals surface area (Å²) >= 11 is 0. The van der Waals surface area contributed by atoms with E-state index in [2.05, 4.69) is 67.9 Å². The van der Waals surface area contributed by atoms with Crippen LogP contribution in [0.2, 0.25) is 0 Å². The van der Waals surface area contributed by atoms with E-state index >= 15 is 0 Å². The normalized spacial score (nSPS) is 24.2. The molecule has 2 atom stereocenters. The summed E-state index contributed by atoms with van der Waals surface area (Å²) in [6.45, 7) is 9.54. The van der Waals surface area contributed by atoms with E-state index < -0.39 is 37.0 Å². The van der Waals surface area contributed by atoms with E-state index in [9.17, 15) is 28.4 Å². The van der Waals surface area contributed by atoms with Gasteiger partial charge in [0, 0.05) is 54.6 Å². The Morgan fingerprint density at radius 1 is 1.03 bits per heavy atom. The lowest BCUT2D eigenvalue weighted by Crippen LogP contribution is -2.54. The Labute approximate surface area is 391 Å². The molecule has 15 nitrogen and oxygen atoms in total. The Bertz CT molecular complexity index is 2780. The number of ether oxygens (including phenoxy) is 2. The van der Waals surface area contributed by atoms with Crippen LogP contribution in [0.1, 0.15) is 125 Å². The fourth-order valence-electron chi connectivity index (χ4n) is 11.6. The van der Waals surface area contributed by atoms with Crippen molar-refractivity contribution in [3.8, 4) is 17.2 Å². The van der Waals surface area contributed by atoms with Crippen LogP contribution in [-0.4, -0.2) is 83.1 Å². The van der Waals surface area contributed by atoms with Gasteiger partial charge in [-0.25, -0.2) is 18.1 Å². The maximum Gasteiger partial charge on any atom is 0.314 e. The Balaban J connectivity index is 0.845. The molecule has 0 radical (unpaired) electrons. The number of aromatic nitrogens is 2. The molecule has 1 spiro atoms. The summed E-state index contributed by atoms with van der Waals surface area (Å²) in [5.74, 6) is 0.288. The van der Waals surface area contributed by atoms with Crippen LogP contribution in [0.3, 0.4) is 0 Å². The molecule has 67 heavy (non-hydrogen) atoms. The number of H-pyrrole nitrogens is 1.